The summed E-state index contributed by atoms with van der Waals surface area (Å²) in [6, 6.07) is 7.02. The zero-order valence-corrected chi connectivity index (χ0v) is 19.4. The van der Waals surface area contributed by atoms with Crippen molar-refractivity contribution in [2.75, 3.05) is 19.6 Å². The van der Waals surface area contributed by atoms with Gasteiger partial charge in [0.2, 0.25) is 11.7 Å². The smallest absolute Gasteiger partial charge is 0.290 e. The van der Waals surface area contributed by atoms with Gasteiger partial charge in [-0.2, -0.15) is 0 Å². The number of aryl methyl sites for hydroxylation is 1. The van der Waals surface area contributed by atoms with Crippen molar-refractivity contribution in [1.29, 1.82) is 0 Å². The number of nitrogens with one attached hydrogen (secondary N) is 2. The standard InChI is InChI=1S/C24H31N5O4/c1-4-8-17(13-25-23(31)21-15(2)16(3)27-33-21)22(30)26-20-19-10-6-5-9-18(19)14-28-11-7-12-29(28)24(20)32/h5-6,9-10,17,20H,4,7-8,11-14H2,1-3H3,(H,25,31)(H,26,30)/t17-,20+/m1/s1. The van der Waals surface area contributed by atoms with E-state index in [1.54, 1.807) is 18.9 Å². The van der Waals surface area contributed by atoms with Gasteiger partial charge in [0.05, 0.1) is 11.6 Å². The molecule has 2 aromatic rings. The Hall–Kier alpha value is -3.20. The fourth-order valence-electron chi connectivity index (χ4n) is 4.51. The van der Waals surface area contributed by atoms with Crippen molar-refractivity contribution in [2.24, 2.45) is 5.92 Å². The second kappa shape index (κ2) is 9.74. The lowest BCUT2D eigenvalue weighted by atomic mass is 9.97. The second-order valence-electron chi connectivity index (χ2n) is 8.76. The first kappa shape index (κ1) is 23.0. The van der Waals surface area contributed by atoms with Crippen molar-refractivity contribution in [2.45, 2.75) is 52.6 Å². The van der Waals surface area contributed by atoms with Crippen molar-refractivity contribution in [3.8, 4) is 0 Å². The Kier molecular flexibility index (Phi) is 6.78. The summed E-state index contributed by atoms with van der Waals surface area (Å²) in [6.45, 7) is 7.81. The molecule has 3 heterocycles. The summed E-state index contributed by atoms with van der Waals surface area (Å²) in [5.74, 6) is -1.07. The molecule has 2 aliphatic rings. The lowest BCUT2D eigenvalue weighted by Crippen LogP contribution is -2.47. The molecule has 0 radical (unpaired) electrons. The quantitative estimate of drug-likeness (QED) is 0.666. The Balaban J connectivity index is 1.49. The maximum Gasteiger partial charge on any atom is 0.290 e. The maximum atomic E-state index is 13.4. The molecule has 3 amide bonds. The maximum absolute atomic E-state index is 13.4. The third-order valence-corrected chi connectivity index (χ3v) is 6.51. The van der Waals surface area contributed by atoms with Gasteiger partial charge in [0.25, 0.3) is 11.8 Å². The van der Waals surface area contributed by atoms with Crippen LogP contribution in [0, 0.1) is 19.8 Å². The van der Waals surface area contributed by atoms with Crippen LogP contribution in [0.4, 0.5) is 0 Å². The number of hydrogen-bond donors (Lipinski definition) is 2. The van der Waals surface area contributed by atoms with E-state index in [1.165, 1.54) is 0 Å². The van der Waals surface area contributed by atoms with Crippen molar-refractivity contribution in [1.82, 2.24) is 25.8 Å². The van der Waals surface area contributed by atoms with Crippen LogP contribution in [0.2, 0.25) is 0 Å². The third kappa shape index (κ3) is 4.64. The van der Waals surface area contributed by atoms with Crippen LogP contribution in [0.15, 0.2) is 28.8 Å². The molecule has 0 saturated carbocycles. The molecule has 2 N–H and O–H groups in total. The summed E-state index contributed by atoms with van der Waals surface area (Å²) in [5, 5.41) is 13.4. The molecule has 0 bridgehead atoms. The predicted molar refractivity (Wildman–Crippen MR) is 121 cm³/mol. The number of carbonyl (C=O) groups is 3. The minimum Gasteiger partial charge on any atom is -0.350 e. The first-order valence-electron chi connectivity index (χ1n) is 11.6. The van der Waals surface area contributed by atoms with Crippen LogP contribution in [0.25, 0.3) is 0 Å². The van der Waals surface area contributed by atoms with Crippen LogP contribution < -0.4 is 10.6 Å². The summed E-state index contributed by atoms with van der Waals surface area (Å²) in [4.78, 5) is 39.2. The highest BCUT2D eigenvalue weighted by Gasteiger charge is 2.38. The number of carbonyl (C=O) groups excluding carboxylic acids is 3. The fourth-order valence-corrected chi connectivity index (χ4v) is 4.51. The highest BCUT2D eigenvalue weighted by atomic mass is 16.5. The van der Waals surface area contributed by atoms with Crippen LogP contribution in [0.3, 0.4) is 0 Å². The van der Waals surface area contributed by atoms with E-state index in [2.05, 4.69) is 20.8 Å². The van der Waals surface area contributed by atoms with E-state index in [0.29, 0.717) is 30.8 Å². The molecule has 176 valence electrons. The van der Waals surface area contributed by atoms with Crippen LogP contribution >= 0.6 is 0 Å². The molecule has 1 saturated heterocycles. The lowest BCUT2D eigenvalue weighted by Gasteiger charge is -2.28. The number of rotatable bonds is 7. The van der Waals surface area contributed by atoms with Crippen LogP contribution in [0.5, 0.6) is 0 Å². The Morgan fingerprint density at radius 1 is 1.24 bits per heavy atom. The number of fused-ring (bicyclic) bond motifs is 2. The highest BCUT2D eigenvalue weighted by molar-refractivity contribution is 5.94. The van der Waals surface area contributed by atoms with Gasteiger partial charge in [0, 0.05) is 31.7 Å². The van der Waals surface area contributed by atoms with E-state index < -0.39 is 17.9 Å². The SMILES string of the molecule is CCC[C@H](CNC(=O)c1onc(C)c1C)C(=O)N[C@@H]1C(=O)N2CCCN2Cc2ccccc21. The van der Waals surface area contributed by atoms with E-state index >= 15 is 0 Å². The molecule has 2 atom stereocenters. The van der Waals surface area contributed by atoms with Gasteiger partial charge in [-0.3, -0.25) is 19.4 Å². The van der Waals surface area contributed by atoms with Crippen LogP contribution in [-0.4, -0.2) is 52.5 Å². The molecule has 0 aliphatic carbocycles. The van der Waals surface area contributed by atoms with E-state index in [-0.39, 0.29) is 24.1 Å². The third-order valence-electron chi connectivity index (χ3n) is 6.51. The van der Waals surface area contributed by atoms with Crippen molar-refractivity contribution in [3.63, 3.8) is 0 Å². The molecule has 1 aromatic heterocycles. The molecule has 1 fully saturated rings. The van der Waals surface area contributed by atoms with Crippen molar-refractivity contribution >= 4 is 17.7 Å². The highest BCUT2D eigenvalue weighted by Crippen LogP contribution is 2.30. The summed E-state index contributed by atoms with van der Waals surface area (Å²) < 4.78 is 5.12. The van der Waals surface area contributed by atoms with E-state index in [0.717, 1.165) is 30.5 Å². The number of hydrazine groups is 1. The summed E-state index contributed by atoms with van der Waals surface area (Å²) in [5.41, 5.74) is 3.21. The Morgan fingerprint density at radius 2 is 2.03 bits per heavy atom. The number of amides is 3. The fraction of sp³-hybridized carbons (Fsp3) is 0.500. The lowest BCUT2D eigenvalue weighted by molar-refractivity contribution is -0.148. The number of hydrogen-bond acceptors (Lipinski definition) is 6. The summed E-state index contributed by atoms with van der Waals surface area (Å²) in [6.07, 6.45) is 2.27. The minimum atomic E-state index is -0.744. The predicted octanol–water partition coefficient (Wildman–Crippen LogP) is 2.26. The topological polar surface area (TPSA) is 108 Å². The molecule has 33 heavy (non-hydrogen) atoms. The Bertz CT molecular complexity index is 1050. The van der Waals surface area contributed by atoms with E-state index in [4.69, 9.17) is 4.52 Å². The molecular formula is C24H31N5O4. The van der Waals surface area contributed by atoms with Crippen LogP contribution in [0.1, 0.15) is 65.2 Å². The van der Waals surface area contributed by atoms with Crippen molar-refractivity contribution < 1.29 is 18.9 Å². The average molecular weight is 454 g/mol. The normalized spacial score (nSPS) is 18.9. The molecule has 0 spiro atoms. The van der Waals surface area contributed by atoms with E-state index in [9.17, 15) is 14.4 Å². The molecule has 4 rings (SSSR count). The molecule has 2 aliphatic heterocycles. The molecular weight excluding hydrogens is 422 g/mol. The zero-order valence-electron chi connectivity index (χ0n) is 19.4. The molecule has 0 unspecified atom stereocenters. The Morgan fingerprint density at radius 3 is 2.76 bits per heavy atom. The van der Waals surface area contributed by atoms with Gasteiger partial charge in [-0.1, -0.05) is 42.8 Å². The van der Waals surface area contributed by atoms with Crippen molar-refractivity contribution in [3.05, 3.63) is 52.4 Å². The second-order valence-corrected chi connectivity index (χ2v) is 8.76. The monoisotopic (exact) mass is 453 g/mol. The van der Waals surface area contributed by atoms with Gasteiger partial charge >= 0.3 is 0 Å². The van der Waals surface area contributed by atoms with Gasteiger partial charge in [-0.05, 0) is 37.8 Å². The largest absolute Gasteiger partial charge is 0.350 e. The molecule has 9 heteroatoms. The van der Waals surface area contributed by atoms with Gasteiger partial charge in [-0.25, -0.2) is 5.01 Å². The minimum absolute atomic E-state index is 0.113. The summed E-state index contributed by atoms with van der Waals surface area (Å²) in [7, 11) is 0. The first-order valence-corrected chi connectivity index (χ1v) is 11.6. The Labute approximate surface area is 193 Å². The first-order chi connectivity index (χ1) is 15.9. The number of benzene rings is 1. The van der Waals surface area contributed by atoms with E-state index in [1.807, 2.05) is 31.2 Å². The molecule has 1 aromatic carbocycles. The molecule has 9 nitrogen and oxygen atoms in total. The average Bonchev–Trinajstić information content (AvgIpc) is 3.38. The summed E-state index contributed by atoms with van der Waals surface area (Å²) >= 11 is 0. The zero-order chi connectivity index (χ0) is 23.5. The van der Waals surface area contributed by atoms with Crippen LogP contribution in [-0.2, 0) is 16.1 Å². The van der Waals surface area contributed by atoms with Gasteiger partial charge in [0.15, 0.2) is 0 Å². The number of nitrogens with zero attached hydrogens (tertiary/aromatic N) is 3. The van der Waals surface area contributed by atoms with Gasteiger partial charge in [0.1, 0.15) is 6.04 Å². The number of aromatic nitrogens is 1. The van der Waals surface area contributed by atoms with Gasteiger partial charge < -0.3 is 15.2 Å². The van der Waals surface area contributed by atoms with Gasteiger partial charge in [-0.15, -0.1) is 0 Å².